The first kappa shape index (κ1) is 23.8. The number of carbonyl (C=O) groups is 3. The molecule has 7 heteroatoms. The van der Waals surface area contributed by atoms with Gasteiger partial charge in [-0.05, 0) is 48.4 Å². The Hall–Kier alpha value is -3.35. The lowest BCUT2D eigenvalue weighted by molar-refractivity contribution is -0.148. The highest BCUT2D eigenvalue weighted by atomic mass is 16.5. The predicted octanol–water partition coefficient (Wildman–Crippen LogP) is 4.41. The third-order valence-corrected chi connectivity index (χ3v) is 7.19. The predicted molar refractivity (Wildman–Crippen MR) is 128 cm³/mol. The van der Waals surface area contributed by atoms with Gasteiger partial charge in [-0.15, -0.1) is 0 Å². The second-order valence-electron chi connectivity index (χ2n) is 9.23. The maximum atomic E-state index is 13.2. The van der Waals surface area contributed by atoms with Gasteiger partial charge in [0.25, 0.3) is 0 Å². The van der Waals surface area contributed by atoms with Crippen molar-refractivity contribution >= 4 is 18.0 Å². The third kappa shape index (κ3) is 4.79. The van der Waals surface area contributed by atoms with E-state index in [2.05, 4.69) is 29.6 Å². The highest BCUT2D eigenvalue weighted by Gasteiger charge is 2.38. The van der Waals surface area contributed by atoms with Crippen LogP contribution in [0, 0.1) is 5.92 Å². The number of carbonyl (C=O) groups excluding carboxylic acids is 2. The fourth-order valence-corrected chi connectivity index (χ4v) is 5.25. The van der Waals surface area contributed by atoms with Gasteiger partial charge < -0.3 is 20.1 Å². The molecule has 3 atom stereocenters. The van der Waals surface area contributed by atoms with Crippen LogP contribution < -0.4 is 5.32 Å². The summed E-state index contributed by atoms with van der Waals surface area (Å²) in [6, 6.07) is 15.8. The van der Waals surface area contributed by atoms with Crippen molar-refractivity contribution in [3.63, 3.8) is 0 Å². The molecule has 2 aromatic rings. The number of rotatable bonds is 8. The smallest absolute Gasteiger partial charge is 0.407 e. The van der Waals surface area contributed by atoms with Crippen molar-refractivity contribution in [1.82, 2.24) is 10.2 Å². The van der Waals surface area contributed by atoms with Crippen LogP contribution in [-0.4, -0.2) is 53.2 Å². The summed E-state index contributed by atoms with van der Waals surface area (Å²) in [5.41, 5.74) is 4.61. The lowest BCUT2D eigenvalue weighted by Crippen LogP contribution is -2.49. The number of alkyl carbamates (subject to hydrolysis) is 1. The second kappa shape index (κ2) is 10.3. The van der Waals surface area contributed by atoms with E-state index in [0.717, 1.165) is 28.7 Å². The quantitative estimate of drug-likeness (QED) is 0.604. The largest absolute Gasteiger partial charge is 0.480 e. The number of carboxylic acid groups (broad SMARTS) is 1. The zero-order valence-electron chi connectivity index (χ0n) is 19.7. The van der Waals surface area contributed by atoms with Crippen LogP contribution in [0.3, 0.4) is 0 Å². The minimum atomic E-state index is -1.03. The Balaban J connectivity index is 1.40. The highest BCUT2D eigenvalue weighted by molar-refractivity contribution is 5.85. The minimum absolute atomic E-state index is 0.0318. The van der Waals surface area contributed by atoms with Crippen molar-refractivity contribution in [3.05, 3.63) is 59.7 Å². The van der Waals surface area contributed by atoms with Crippen LogP contribution in [0.25, 0.3) is 11.1 Å². The number of benzene rings is 2. The molecule has 0 saturated heterocycles. The fourth-order valence-electron chi connectivity index (χ4n) is 5.25. The van der Waals surface area contributed by atoms with Gasteiger partial charge in [0, 0.05) is 18.0 Å². The molecular weight excluding hydrogens is 432 g/mol. The average Bonchev–Trinajstić information content (AvgIpc) is 3.42. The standard InChI is InChI=1S/C27H32N2O5/c1-3-17(2)29(15-25(30)31)26(32)22-13-8-14-24(22)28-27(33)34-16-23-20-11-6-4-9-18(20)19-10-5-7-12-21(19)23/h4-7,9-12,17,22-24H,3,8,13-16H2,1-2H3,(H,28,33)(H,30,31)/t17?,22-,24+/m0/s1. The summed E-state index contributed by atoms with van der Waals surface area (Å²) < 4.78 is 5.65. The Labute approximate surface area is 200 Å². The molecule has 2 aromatic carbocycles. The zero-order valence-corrected chi connectivity index (χ0v) is 19.7. The Bertz CT molecular complexity index is 1020. The van der Waals surface area contributed by atoms with Gasteiger partial charge in [-0.3, -0.25) is 9.59 Å². The van der Waals surface area contributed by atoms with Gasteiger partial charge >= 0.3 is 12.1 Å². The van der Waals surface area contributed by atoms with E-state index in [0.29, 0.717) is 19.3 Å². The van der Waals surface area contributed by atoms with E-state index in [9.17, 15) is 19.5 Å². The fraction of sp³-hybridized carbons (Fsp3) is 0.444. The molecule has 0 bridgehead atoms. The number of fused-ring (bicyclic) bond motifs is 3. The molecule has 2 N–H and O–H groups in total. The molecule has 0 radical (unpaired) electrons. The van der Waals surface area contributed by atoms with E-state index in [1.807, 2.05) is 38.1 Å². The van der Waals surface area contributed by atoms with Crippen LogP contribution in [0.15, 0.2) is 48.5 Å². The highest BCUT2D eigenvalue weighted by Crippen LogP contribution is 2.44. The lowest BCUT2D eigenvalue weighted by atomic mass is 9.98. The summed E-state index contributed by atoms with van der Waals surface area (Å²) in [6.45, 7) is 3.66. The topological polar surface area (TPSA) is 95.9 Å². The molecule has 2 aliphatic carbocycles. The van der Waals surface area contributed by atoms with Crippen LogP contribution in [0.4, 0.5) is 4.79 Å². The molecule has 0 aromatic heterocycles. The molecule has 0 spiro atoms. The monoisotopic (exact) mass is 464 g/mol. The van der Waals surface area contributed by atoms with Gasteiger partial charge in [0.1, 0.15) is 13.2 Å². The number of amides is 2. The molecule has 4 rings (SSSR count). The van der Waals surface area contributed by atoms with Gasteiger partial charge in [-0.2, -0.15) is 0 Å². The Morgan fingerprint density at radius 3 is 2.26 bits per heavy atom. The number of nitrogens with one attached hydrogen (secondary N) is 1. The summed E-state index contributed by atoms with van der Waals surface area (Å²) in [5.74, 6) is -1.71. The molecule has 1 fully saturated rings. The molecule has 2 amide bonds. The van der Waals surface area contributed by atoms with E-state index < -0.39 is 18.0 Å². The first-order valence-electron chi connectivity index (χ1n) is 12.0. The van der Waals surface area contributed by atoms with Gasteiger partial charge in [0.15, 0.2) is 0 Å². The maximum Gasteiger partial charge on any atom is 0.407 e. The molecule has 7 nitrogen and oxygen atoms in total. The molecular formula is C27H32N2O5. The molecule has 34 heavy (non-hydrogen) atoms. The molecule has 1 saturated carbocycles. The number of ether oxygens (including phenoxy) is 1. The first-order chi connectivity index (χ1) is 16.4. The average molecular weight is 465 g/mol. The van der Waals surface area contributed by atoms with E-state index in [4.69, 9.17) is 4.74 Å². The molecule has 1 unspecified atom stereocenters. The van der Waals surface area contributed by atoms with E-state index >= 15 is 0 Å². The van der Waals surface area contributed by atoms with Crippen molar-refractivity contribution in [2.75, 3.05) is 13.2 Å². The van der Waals surface area contributed by atoms with Crippen molar-refractivity contribution in [2.24, 2.45) is 5.92 Å². The molecule has 180 valence electrons. The summed E-state index contributed by atoms with van der Waals surface area (Å²) in [6.07, 6.45) is 2.21. The van der Waals surface area contributed by atoms with Gasteiger partial charge in [0.2, 0.25) is 5.91 Å². The summed E-state index contributed by atoms with van der Waals surface area (Å²) >= 11 is 0. The summed E-state index contributed by atoms with van der Waals surface area (Å²) in [7, 11) is 0. The summed E-state index contributed by atoms with van der Waals surface area (Å²) in [5, 5.41) is 12.2. The van der Waals surface area contributed by atoms with Crippen molar-refractivity contribution in [3.8, 4) is 11.1 Å². The number of hydrogen-bond acceptors (Lipinski definition) is 4. The lowest BCUT2D eigenvalue weighted by Gasteiger charge is -2.31. The zero-order chi connectivity index (χ0) is 24.2. The van der Waals surface area contributed by atoms with E-state index in [1.54, 1.807) is 0 Å². The number of nitrogens with zero attached hydrogens (tertiary/aromatic N) is 1. The van der Waals surface area contributed by atoms with Gasteiger partial charge in [-0.1, -0.05) is 61.9 Å². The maximum absolute atomic E-state index is 13.2. The van der Waals surface area contributed by atoms with Crippen LogP contribution in [0.1, 0.15) is 56.6 Å². The van der Waals surface area contributed by atoms with Crippen molar-refractivity contribution in [1.29, 1.82) is 0 Å². The molecule has 0 heterocycles. The van der Waals surface area contributed by atoms with E-state index in [-0.39, 0.29) is 37.1 Å². The Kier molecular flexibility index (Phi) is 7.20. The van der Waals surface area contributed by atoms with Crippen molar-refractivity contribution < 1.29 is 24.2 Å². The van der Waals surface area contributed by atoms with Gasteiger partial charge in [0.05, 0.1) is 5.92 Å². The van der Waals surface area contributed by atoms with Crippen LogP contribution in [0.5, 0.6) is 0 Å². The van der Waals surface area contributed by atoms with Crippen LogP contribution in [-0.2, 0) is 14.3 Å². The van der Waals surface area contributed by atoms with Crippen LogP contribution in [0.2, 0.25) is 0 Å². The SMILES string of the molecule is CCC(C)N(CC(=O)O)C(=O)[C@H]1CCC[C@H]1NC(=O)OCC1c2ccccc2-c2ccccc21. The van der Waals surface area contributed by atoms with E-state index in [1.165, 1.54) is 4.90 Å². The van der Waals surface area contributed by atoms with Gasteiger partial charge in [-0.25, -0.2) is 4.79 Å². The Morgan fingerprint density at radius 2 is 1.68 bits per heavy atom. The Morgan fingerprint density at radius 1 is 1.06 bits per heavy atom. The number of aliphatic carboxylic acids is 1. The first-order valence-corrected chi connectivity index (χ1v) is 12.0. The number of carboxylic acids is 1. The minimum Gasteiger partial charge on any atom is -0.480 e. The normalized spacial score (nSPS) is 19.7. The second-order valence-corrected chi connectivity index (χ2v) is 9.23. The third-order valence-electron chi connectivity index (χ3n) is 7.19. The number of hydrogen-bond donors (Lipinski definition) is 2. The molecule has 0 aliphatic heterocycles. The molecule has 2 aliphatic rings. The van der Waals surface area contributed by atoms with Crippen molar-refractivity contribution in [2.45, 2.75) is 57.5 Å². The van der Waals surface area contributed by atoms with Crippen LogP contribution >= 0.6 is 0 Å². The summed E-state index contributed by atoms with van der Waals surface area (Å²) in [4.78, 5) is 38.7.